The number of rotatable bonds is 4. The van der Waals surface area contributed by atoms with E-state index in [0.29, 0.717) is 18.1 Å². The average molecular weight is 347 g/mol. The van der Waals surface area contributed by atoms with Gasteiger partial charge in [0, 0.05) is 31.1 Å². The molecular formula is C19H29N3O3. The summed E-state index contributed by atoms with van der Waals surface area (Å²) in [6.07, 6.45) is 6.08. The molecule has 2 aliphatic rings. The van der Waals surface area contributed by atoms with Gasteiger partial charge in [-0.25, -0.2) is 0 Å². The quantitative estimate of drug-likeness (QED) is 0.905. The van der Waals surface area contributed by atoms with Gasteiger partial charge in [-0.2, -0.15) is 0 Å². The van der Waals surface area contributed by atoms with Crippen molar-refractivity contribution in [1.82, 2.24) is 15.1 Å². The molecule has 2 fully saturated rings. The van der Waals surface area contributed by atoms with Crippen molar-refractivity contribution in [3.8, 4) is 0 Å². The van der Waals surface area contributed by atoms with Crippen molar-refractivity contribution in [3.63, 3.8) is 0 Å². The van der Waals surface area contributed by atoms with E-state index in [-0.39, 0.29) is 17.9 Å². The number of hydrogen-bond acceptors (Lipinski definition) is 4. The number of nitrogens with zero attached hydrogens (tertiary/aromatic N) is 2. The molecule has 0 atom stereocenters. The van der Waals surface area contributed by atoms with Crippen molar-refractivity contribution in [1.29, 1.82) is 0 Å². The van der Waals surface area contributed by atoms with E-state index in [2.05, 4.69) is 17.3 Å². The molecule has 0 aliphatic carbocycles. The fourth-order valence-electron chi connectivity index (χ4n) is 3.77. The minimum Gasteiger partial charge on any atom is -0.459 e. The lowest BCUT2D eigenvalue weighted by atomic mass is 9.92. The number of carbonyl (C=O) groups is 2. The molecule has 138 valence electrons. The van der Waals surface area contributed by atoms with Crippen LogP contribution in [-0.2, 0) is 4.79 Å². The van der Waals surface area contributed by atoms with Crippen molar-refractivity contribution in [2.24, 2.45) is 5.92 Å². The Morgan fingerprint density at radius 3 is 2.44 bits per heavy atom. The summed E-state index contributed by atoms with van der Waals surface area (Å²) >= 11 is 0. The number of piperidine rings is 2. The largest absolute Gasteiger partial charge is 0.459 e. The third-order valence-electron chi connectivity index (χ3n) is 5.55. The molecule has 6 heteroatoms. The lowest BCUT2D eigenvalue weighted by Crippen LogP contribution is -2.47. The van der Waals surface area contributed by atoms with E-state index in [1.165, 1.54) is 6.26 Å². The Morgan fingerprint density at radius 2 is 1.84 bits per heavy atom. The second kappa shape index (κ2) is 8.04. The summed E-state index contributed by atoms with van der Waals surface area (Å²) in [5.41, 5.74) is 0.850. The summed E-state index contributed by atoms with van der Waals surface area (Å²) < 4.78 is 5.24. The van der Waals surface area contributed by atoms with Gasteiger partial charge in [-0.15, -0.1) is 0 Å². The number of likely N-dealkylation sites (tertiary alicyclic amines) is 2. The zero-order chi connectivity index (χ0) is 17.8. The van der Waals surface area contributed by atoms with Crippen LogP contribution in [0.25, 0.3) is 0 Å². The minimum atomic E-state index is -0.154. The van der Waals surface area contributed by atoms with Gasteiger partial charge >= 0.3 is 0 Å². The molecule has 1 aromatic heterocycles. The molecule has 3 rings (SSSR count). The fraction of sp³-hybridized carbons (Fsp3) is 0.684. The maximum absolute atomic E-state index is 12.5. The zero-order valence-corrected chi connectivity index (χ0v) is 15.3. The van der Waals surface area contributed by atoms with E-state index in [1.807, 2.05) is 11.8 Å². The number of aryl methyl sites for hydroxylation is 1. The zero-order valence-electron chi connectivity index (χ0n) is 15.3. The summed E-state index contributed by atoms with van der Waals surface area (Å²) in [6.45, 7) is 5.51. The first-order valence-corrected chi connectivity index (χ1v) is 9.34. The monoisotopic (exact) mass is 347 g/mol. The highest BCUT2D eigenvalue weighted by Gasteiger charge is 2.27. The lowest BCUT2D eigenvalue weighted by molar-refractivity contribution is -0.133. The molecule has 0 saturated carbocycles. The summed E-state index contributed by atoms with van der Waals surface area (Å²) in [7, 11) is 2.14. The number of carbonyl (C=O) groups excluding carboxylic acids is 2. The van der Waals surface area contributed by atoms with Crippen LogP contribution in [0, 0.1) is 12.8 Å². The molecule has 0 spiro atoms. The molecule has 3 heterocycles. The first-order chi connectivity index (χ1) is 12.0. The predicted octanol–water partition coefficient (Wildman–Crippen LogP) is 2.04. The Hall–Kier alpha value is -1.82. The van der Waals surface area contributed by atoms with Crippen LogP contribution in [0.3, 0.4) is 0 Å². The topological polar surface area (TPSA) is 65.8 Å². The van der Waals surface area contributed by atoms with Crippen LogP contribution in [0.2, 0.25) is 0 Å². The van der Waals surface area contributed by atoms with Crippen molar-refractivity contribution in [2.75, 3.05) is 33.2 Å². The van der Waals surface area contributed by atoms with Gasteiger partial charge in [0.15, 0.2) is 5.76 Å². The summed E-state index contributed by atoms with van der Waals surface area (Å²) in [6, 6.07) is 1.91. The Morgan fingerprint density at radius 1 is 1.16 bits per heavy atom. The summed E-state index contributed by atoms with van der Waals surface area (Å²) in [4.78, 5) is 29.0. The molecule has 0 radical (unpaired) electrons. The highest BCUT2D eigenvalue weighted by molar-refractivity contribution is 5.93. The van der Waals surface area contributed by atoms with E-state index in [9.17, 15) is 9.59 Å². The molecule has 1 aromatic rings. The van der Waals surface area contributed by atoms with Crippen molar-refractivity contribution in [3.05, 3.63) is 23.7 Å². The van der Waals surface area contributed by atoms with Crippen LogP contribution in [-0.4, -0.2) is 60.9 Å². The van der Waals surface area contributed by atoms with Gasteiger partial charge < -0.3 is 19.5 Å². The van der Waals surface area contributed by atoms with Crippen LogP contribution in [0.4, 0.5) is 0 Å². The molecule has 0 aromatic carbocycles. The van der Waals surface area contributed by atoms with Crippen LogP contribution in [0.15, 0.2) is 16.7 Å². The summed E-state index contributed by atoms with van der Waals surface area (Å²) in [5.74, 6) is 1.05. The molecule has 0 bridgehead atoms. The first kappa shape index (κ1) is 18.0. The van der Waals surface area contributed by atoms with Gasteiger partial charge in [-0.05, 0) is 64.7 Å². The van der Waals surface area contributed by atoms with Crippen molar-refractivity contribution < 1.29 is 14.0 Å². The third kappa shape index (κ3) is 4.63. The SMILES string of the molecule is Cc1ccoc1C(=O)NC1CCN(C(=O)CC2CCN(C)CC2)CC1. The van der Waals surface area contributed by atoms with Gasteiger partial charge in [0.1, 0.15) is 0 Å². The maximum Gasteiger partial charge on any atom is 0.287 e. The van der Waals surface area contributed by atoms with Gasteiger partial charge in [0.05, 0.1) is 6.26 Å². The summed E-state index contributed by atoms with van der Waals surface area (Å²) in [5, 5.41) is 3.03. The Balaban J connectivity index is 1.41. The third-order valence-corrected chi connectivity index (χ3v) is 5.55. The molecule has 2 aliphatic heterocycles. The number of furan rings is 1. The predicted molar refractivity (Wildman–Crippen MR) is 95.4 cm³/mol. The molecule has 0 unspecified atom stereocenters. The Labute approximate surface area is 149 Å². The maximum atomic E-state index is 12.5. The van der Waals surface area contributed by atoms with E-state index in [1.54, 1.807) is 6.07 Å². The standard InChI is InChI=1S/C19H29N3O3/c1-14-7-12-25-18(14)19(24)20-16-5-10-22(11-6-16)17(23)13-15-3-8-21(2)9-4-15/h7,12,15-16H,3-6,8-11,13H2,1-2H3,(H,20,24). The number of amides is 2. The van der Waals surface area contributed by atoms with E-state index in [4.69, 9.17) is 4.42 Å². The van der Waals surface area contributed by atoms with Crippen molar-refractivity contribution >= 4 is 11.8 Å². The highest BCUT2D eigenvalue weighted by atomic mass is 16.3. The highest BCUT2D eigenvalue weighted by Crippen LogP contribution is 2.22. The molecule has 2 amide bonds. The van der Waals surface area contributed by atoms with Gasteiger partial charge in [0.25, 0.3) is 5.91 Å². The van der Waals surface area contributed by atoms with E-state index >= 15 is 0 Å². The second-order valence-electron chi connectivity index (χ2n) is 7.51. The van der Waals surface area contributed by atoms with Crippen LogP contribution < -0.4 is 5.32 Å². The van der Waals surface area contributed by atoms with Gasteiger partial charge in [0.2, 0.25) is 5.91 Å². The average Bonchev–Trinajstić information content (AvgIpc) is 3.04. The molecule has 25 heavy (non-hydrogen) atoms. The van der Waals surface area contributed by atoms with Gasteiger partial charge in [-0.3, -0.25) is 9.59 Å². The molecule has 1 N–H and O–H groups in total. The Kier molecular flexibility index (Phi) is 5.78. The lowest BCUT2D eigenvalue weighted by Gasteiger charge is -2.34. The molecular weight excluding hydrogens is 318 g/mol. The first-order valence-electron chi connectivity index (χ1n) is 9.34. The normalized spacial score (nSPS) is 20.6. The van der Waals surface area contributed by atoms with Crippen LogP contribution in [0.5, 0.6) is 0 Å². The van der Waals surface area contributed by atoms with Crippen molar-refractivity contribution in [2.45, 2.75) is 45.1 Å². The minimum absolute atomic E-state index is 0.115. The van der Waals surface area contributed by atoms with E-state index in [0.717, 1.165) is 57.4 Å². The molecule has 2 saturated heterocycles. The van der Waals surface area contributed by atoms with Crippen LogP contribution >= 0.6 is 0 Å². The number of nitrogens with one attached hydrogen (secondary N) is 1. The fourth-order valence-corrected chi connectivity index (χ4v) is 3.77. The second-order valence-corrected chi connectivity index (χ2v) is 7.51. The van der Waals surface area contributed by atoms with Gasteiger partial charge in [-0.1, -0.05) is 0 Å². The number of hydrogen-bond donors (Lipinski definition) is 1. The van der Waals surface area contributed by atoms with E-state index < -0.39 is 0 Å². The Bertz CT molecular complexity index is 597. The van der Waals surface area contributed by atoms with Crippen LogP contribution in [0.1, 0.15) is 48.2 Å². The smallest absolute Gasteiger partial charge is 0.287 e. The molecule has 6 nitrogen and oxygen atoms in total.